The maximum Gasteiger partial charge on any atom is 0.415 e. The minimum absolute atomic E-state index is 0.0751. The highest BCUT2D eigenvalue weighted by Crippen LogP contribution is 2.21. The number of para-hydroxylation sites is 1. The molecule has 218 valence electrons. The Kier molecular flexibility index (Phi) is 10.6. The Morgan fingerprint density at radius 2 is 1.11 bits per heavy atom. The molecule has 0 radical (unpaired) electrons. The maximum atomic E-state index is 11.8. The Morgan fingerprint density at radius 1 is 0.591 bits per heavy atom. The molecule has 1 heterocycles. The topological polar surface area (TPSA) is 117 Å². The fourth-order valence-corrected chi connectivity index (χ4v) is 4.14. The summed E-state index contributed by atoms with van der Waals surface area (Å²) >= 11 is 0. The molecule has 7 nitrogen and oxygen atoms in total. The molecule has 0 spiro atoms. The number of hydrogen-bond donors (Lipinski definition) is 3. The Bertz CT molecular complexity index is 1840. The molecule has 0 atom stereocenters. The summed E-state index contributed by atoms with van der Waals surface area (Å²) in [4.78, 5) is 34.3. The van der Waals surface area contributed by atoms with E-state index in [0.717, 1.165) is 15.7 Å². The van der Waals surface area contributed by atoms with Gasteiger partial charge in [-0.15, -0.1) is 0 Å². The number of rotatable bonds is 5. The lowest BCUT2D eigenvalue weighted by atomic mass is 10.0. The van der Waals surface area contributed by atoms with Gasteiger partial charge in [0.15, 0.2) is 11.6 Å². The van der Waals surface area contributed by atoms with E-state index in [-0.39, 0.29) is 23.1 Å². The number of nitrogens with zero attached hydrogens (tertiary/aromatic N) is 1. The summed E-state index contributed by atoms with van der Waals surface area (Å²) in [5.41, 5.74) is 3.32. The summed E-state index contributed by atoms with van der Waals surface area (Å²) in [5.74, 6) is 0.306. The highest BCUT2D eigenvalue weighted by Gasteiger charge is 2.07. The van der Waals surface area contributed by atoms with Gasteiger partial charge in [-0.3, -0.25) is 14.2 Å². The quantitative estimate of drug-likeness (QED) is 0.140. The van der Waals surface area contributed by atoms with Crippen LogP contribution in [-0.4, -0.2) is 37.5 Å². The van der Waals surface area contributed by atoms with Crippen molar-refractivity contribution in [3.63, 3.8) is 0 Å². The first-order valence-electron chi connectivity index (χ1n) is 13.6. The second-order valence-corrected chi connectivity index (χ2v) is 9.40. The third kappa shape index (κ3) is 8.41. The average molecular weight is 584 g/mol. The third-order valence-electron chi connectivity index (χ3n) is 6.36. The molecular weight excluding hydrogens is 554 g/mol. The molecule has 3 N–H and O–H groups in total. The van der Waals surface area contributed by atoms with Crippen LogP contribution in [0.4, 0.5) is 4.79 Å². The van der Waals surface area contributed by atoms with E-state index in [1.165, 1.54) is 24.4 Å². The predicted octanol–water partition coefficient (Wildman–Crippen LogP) is 8.08. The molecule has 0 amide bonds. The van der Waals surface area contributed by atoms with E-state index < -0.39 is 6.09 Å². The Morgan fingerprint density at radius 3 is 1.66 bits per heavy atom. The van der Waals surface area contributed by atoms with Crippen molar-refractivity contribution >= 4 is 34.6 Å². The molecule has 0 aliphatic carbocycles. The lowest BCUT2D eigenvalue weighted by molar-refractivity contribution is 0.103. The molecule has 0 fully saturated rings. The Labute approximate surface area is 254 Å². The fourth-order valence-electron chi connectivity index (χ4n) is 4.14. The van der Waals surface area contributed by atoms with Crippen LogP contribution in [0.15, 0.2) is 152 Å². The van der Waals surface area contributed by atoms with Crippen molar-refractivity contribution in [3.8, 4) is 11.5 Å². The molecule has 5 aromatic carbocycles. The molecule has 0 aliphatic heterocycles. The summed E-state index contributed by atoms with van der Waals surface area (Å²) in [7, 11) is 0. The van der Waals surface area contributed by atoms with Gasteiger partial charge in [0.25, 0.3) is 0 Å². The first-order valence-corrected chi connectivity index (χ1v) is 13.6. The summed E-state index contributed by atoms with van der Waals surface area (Å²) in [5, 5.41) is 28.1. The minimum atomic E-state index is -1.03. The van der Waals surface area contributed by atoms with Crippen molar-refractivity contribution in [3.05, 3.63) is 174 Å². The molecule has 0 saturated carbocycles. The van der Waals surface area contributed by atoms with Crippen LogP contribution in [0.2, 0.25) is 0 Å². The van der Waals surface area contributed by atoms with Crippen LogP contribution in [0.5, 0.6) is 11.5 Å². The SMILES string of the molecule is O=C(C=Cc1ccccc1O)c1ccccc1.O=C(O)n1ccc2cc(O)ccc21.O=C(c1ccccc1)c1ccccc1. The number of benzene rings is 5. The second-order valence-electron chi connectivity index (χ2n) is 9.40. The van der Waals surface area contributed by atoms with Crippen LogP contribution in [0.25, 0.3) is 17.0 Å². The van der Waals surface area contributed by atoms with Crippen molar-refractivity contribution in [2.24, 2.45) is 0 Å². The highest BCUT2D eigenvalue weighted by atomic mass is 16.4. The zero-order valence-corrected chi connectivity index (χ0v) is 23.5. The van der Waals surface area contributed by atoms with Crippen LogP contribution < -0.4 is 0 Å². The molecular formula is C37H29NO6. The molecule has 6 rings (SSSR count). The predicted molar refractivity (Wildman–Crippen MR) is 171 cm³/mol. The molecule has 7 heteroatoms. The fraction of sp³-hybridized carbons (Fsp3) is 0. The Hall–Kier alpha value is -6.21. The van der Waals surface area contributed by atoms with E-state index >= 15 is 0 Å². The zero-order chi connectivity index (χ0) is 31.3. The number of phenolic OH excluding ortho intramolecular Hbond substituents is 2. The van der Waals surface area contributed by atoms with Crippen LogP contribution in [0, 0.1) is 0 Å². The Balaban J connectivity index is 0.000000152. The second kappa shape index (κ2) is 15.1. The first-order chi connectivity index (χ1) is 21.3. The van der Waals surface area contributed by atoms with E-state index in [0.29, 0.717) is 22.0 Å². The van der Waals surface area contributed by atoms with Crippen LogP contribution in [-0.2, 0) is 0 Å². The minimum Gasteiger partial charge on any atom is -0.508 e. The average Bonchev–Trinajstić information content (AvgIpc) is 3.49. The van der Waals surface area contributed by atoms with Gasteiger partial charge in [0.05, 0.1) is 5.52 Å². The monoisotopic (exact) mass is 583 g/mol. The molecule has 0 unspecified atom stereocenters. The van der Waals surface area contributed by atoms with Gasteiger partial charge in [0.1, 0.15) is 11.5 Å². The number of phenols is 2. The summed E-state index contributed by atoms with van der Waals surface area (Å²) in [6.45, 7) is 0. The van der Waals surface area contributed by atoms with E-state index in [9.17, 15) is 19.5 Å². The number of carboxylic acid groups (broad SMARTS) is 1. The smallest absolute Gasteiger partial charge is 0.415 e. The zero-order valence-electron chi connectivity index (χ0n) is 23.5. The van der Waals surface area contributed by atoms with Gasteiger partial charge in [-0.05, 0) is 42.5 Å². The molecule has 44 heavy (non-hydrogen) atoms. The van der Waals surface area contributed by atoms with Crippen molar-refractivity contribution in [1.82, 2.24) is 4.57 Å². The number of aromatic nitrogens is 1. The molecule has 6 aromatic rings. The summed E-state index contributed by atoms with van der Waals surface area (Å²) in [6.07, 6.45) is 3.50. The van der Waals surface area contributed by atoms with Crippen molar-refractivity contribution in [2.75, 3.05) is 0 Å². The molecule has 0 saturated heterocycles. The van der Waals surface area contributed by atoms with Crippen LogP contribution in [0.1, 0.15) is 31.8 Å². The van der Waals surface area contributed by atoms with Gasteiger partial charge >= 0.3 is 6.09 Å². The van der Waals surface area contributed by atoms with Gasteiger partial charge in [-0.2, -0.15) is 0 Å². The number of ketones is 2. The lowest BCUT2D eigenvalue weighted by Crippen LogP contribution is -2.05. The van der Waals surface area contributed by atoms with Crippen molar-refractivity contribution in [1.29, 1.82) is 0 Å². The van der Waals surface area contributed by atoms with E-state index in [1.54, 1.807) is 48.5 Å². The lowest BCUT2D eigenvalue weighted by Gasteiger charge is -1.99. The normalized spacial score (nSPS) is 10.3. The number of aromatic hydroxyl groups is 2. The summed E-state index contributed by atoms with van der Waals surface area (Å²) in [6, 6.07) is 40.7. The van der Waals surface area contributed by atoms with Gasteiger partial charge in [0, 0.05) is 33.8 Å². The maximum absolute atomic E-state index is 11.8. The van der Waals surface area contributed by atoms with Crippen LogP contribution in [0.3, 0.4) is 0 Å². The molecule has 1 aromatic heterocycles. The van der Waals surface area contributed by atoms with Crippen LogP contribution >= 0.6 is 0 Å². The van der Waals surface area contributed by atoms with Gasteiger partial charge in [0.2, 0.25) is 0 Å². The standard InChI is InChI=1S/C15H12O2.C13H10O.C9H7NO3/c16-14-9-5-4-8-13(14)10-11-15(17)12-6-2-1-3-7-12;14-13(11-7-3-1-4-8-11)12-9-5-2-6-10-12;11-7-1-2-8-6(5-7)3-4-10(8)9(12)13/h1-11,16H;1-10H;1-5,11H,(H,12,13). The van der Waals surface area contributed by atoms with E-state index in [4.69, 9.17) is 10.2 Å². The highest BCUT2D eigenvalue weighted by molar-refractivity contribution is 6.09. The molecule has 0 aliphatic rings. The van der Waals surface area contributed by atoms with Gasteiger partial charge in [-0.25, -0.2) is 4.79 Å². The molecule has 0 bridgehead atoms. The number of carbonyl (C=O) groups excluding carboxylic acids is 2. The third-order valence-corrected chi connectivity index (χ3v) is 6.36. The van der Waals surface area contributed by atoms with Crippen molar-refractivity contribution < 1.29 is 29.7 Å². The van der Waals surface area contributed by atoms with Gasteiger partial charge < -0.3 is 15.3 Å². The largest absolute Gasteiger partial charge is 0.508 e. The number of hydrogen-bond acceptors (Lipinski definition) is 5. The van der Waals surface area contributed by atoms with Gasteiger partial charge in [-0.1, -0.05) is 109 Å². The summed E-state index contributed by atoms with van der Waals surface area (Å²) < 4.78 is 1.11. The number of carbonyl (C=O) groups is 3. The van der Waals surface area contributed by atoms with E-state index in [1.807, 2.05) is 84.9 Å². The van der Waals surface area contributed by atoms with Crippen molar-refractivity contribution in [2.45, 2.75) is 0 Å². The first kappa shape index (κ1) is 30.7. The number of allylic oxidation sites excluding steroid dienone is 1. The van der Waals surface area contributed by atoms with E-state index in [2.05, 4.69) is 0 Å². The number of fused-ring (bicyclic) bond motifs is 1.